The van der Waals surface area contributed by atoms with Gasteiger partial charge < -0.3 is 10.0 Å². The number of carboxylic acid groups (broad SMARTS) is 1. The van der Waals surface area contributed by atoms with Crippen molar-refractivity contribution in [3.05, 3.63) is 64.0 Å². The molecule has 0 unspecified atom stereocenters. The first-order chi connectivity index (χ1) is 11.0. The van der Waals surface area contributed by atoms with Crippen molar-refractivity contribution in [2.24, 2.45) is 0 Å². The number of benzene rings is 1. The van der Waals surface area contributed by atoms with E-state index in [-0.39, 0.29) is 11.5 Å². The Morgan fingerprint density at radius 1 is 1.17 bits per heavy atom. The van der Waals surface area contributed by atoms with E-state index >= 15 is 0 Å². The van der Waals surface area contributed by atoms with Crippen molar-refractivity contribution < 1.29 is 14.7 Å². The molecule has 1 aliphatic rings. The predicted octanol–water partition coefficient (Wildman–Crippen LogP) is 2.60. The molecule has 1 aliphatic heterocycles. The second-order valence-corrected chi connectivity index (χ2v) is 5.92. The molecule has 0 bridgehead atoms. The number of pyridine rings is 1. The zero-order chi connectivity index (χ0) is 16.6. The first-order valence-corrected chi connectivity index (χ1v) is 7.53. The minimum Gasteiger partial charge on any atom is -0.478 e. The fourth-order valence-electron chi connectivity index (χ4n) is 2.99. The lowest BCUT2D eigenvalue weighted by molar-refractivity contribution is 0.0693. The van der Waals surface area contributed by atoms with Gasteiger partial charge in [-0.15, -0.1) is 0 Å². The van der Waals surface area contributed by atoms with Crippen LogP contribution in [-0.4, -0.2) is 33.4 Å². The van der Waals surface area contributed by atoms with Gasteiger partial charge in [0.15, 0.2) is 0 Å². The van der Waals surface area contributed by atoms with Crippen molar-refractivity contribution in [3.8, 4) is 0 Å². The Bertz CT molecular complexity index is 799. The Balaban J connectivity index is 1.90. The van der Waals surface area contributed by atoms with Crippen molar-refractivity contribution in [3.63, 3.8) is 0 Å². The van der Waals surface area contributed by atoms with Crippen LogP contribution in [0.15, 0.2) is 30.6 Å². The number of amides is 1. The van der Waals surface area contributed by atoms with Crippen LogP contribution in [0.5, 0.6) is 0 Å². The number of aromatic nitrogens is 1. The molecule has 0 radical (unpaired) electrons. The number of fused-ring (bicyclic) bond motifs is 1. The van der Waals surface area contributed by atoms with Crippen LogP contribution in [-0.2, 0) is 13.0 Å². The van der Waals surface area contributed by atoms with E-state index in [9.17, 15) is 14.7 Å². The Morgan fingerprint density at radius 2 is 1.96 bits per heavy atom. The molecule has 5 heteroatoms. The number of carbonyl (C=O) groups excluding carboxylic acids is 1. The summed E-state index contributed by atoms with van der Waals surface area (Å²) in [6.45, 7) is 4.80. The van der Waals surface area contributed by atoms with E-state index in [1.807, 2.05) is 32.0 Å². The van der Waals surface area contributed by atoms with E-state index in [2.05, 4.69) is 4.98 Å². The molecule has 0 saturated heterocycles. The highest BCUT2D eigenvalue weighted by Crippen LogP contribution is 2.24. The van der Waals surface area contributed by atoms with Gasteiger partial charge in [-0.3, -0.25) is 9.78 Å². The van der Waals surface area contributed by atoms with Gasteiger partial charge in [0.05, 0.1) is 5.56 Å². The van der Waals surface area contributed by atoms with Gasteiger partial charge >= 0.3 is 5.97 Å². The Hall–Kier alpha value is -2.69. The second-order valence-electron chi connectivity index (χ2n) is 5.92. The third-order valence-electron chi connectivity index (χ3n) is 4.28. The summed E-state index contributed by atoms with van der Waals surface area (Å²) in [6, 6.07) is 5.84. The third kappa shape index (κ3) is 2.82. The summed E-state index contributed by atoms with van der Waals surface area (Å²) in [5.74, 6) is -0.985. The molecule has 3 rings (SSSR count). The molecule has 1 N–H and O–H groups in total. The molecule has 118 valence electrons. The zero-order valence-corrected chi connectivity index (χ0v) is 13.2. The lowest BCUT2D eigenvalue weighted by Gasteiger charge is -2.30. The predicted molar refractivity (Wildman–Crippen MR) is 85.6 cm³/mol. The Labute approximate surface area is 134 Å². The maximum atomic E-state index is 12.8. The largest absolute Gasteiger partial charge is 0.478 e. The van der Waals surface area contributed by atoms with Crippen LogP contribution in [0.1, 0.15) is 43.0 Å². The second kappa shape index (κ2) is 5.83. The highest BCUT2D eigenvalue weighted by atomic mass is 16.4. The highest BCUT2D eigenvalue weighted by Gasteiger charge is 2.26. The normalized spacial score (nSPS) is 13.6. The van der Waals surface area contributed by atoms with E-state index in [0.29, 0.717) is 25.1 Å². The molecule has 0 saturated carbocycles. The summed E-state index contributed by atoms with van der Waals surface area (Å²) in [4.78, 5) is 29.8. The molecule has 2 heterocycles. The molecule has 5 nitrogen and oxygen atoms in total. The number of carbonyl (C=O) groups is 2. The molecule has 23 heavy (non-hydrogen) atoms. The van der Waals surface area contributed by atoms with Gasteiger partial charge in [-0.1, -0.05) is 17.7 Å². The number of aromatic carboxylic acids is 1. The summed E-state index contributed by atoms with van der Waals surface area (Å²) >= 11 is 0. The molecule has 2 aromatic rings. The summed E-state index contributed by atoms with van der Waals surface area (Å²) in [5, 5.41) is 9.24. The van der Waals surface area contributed by atoms with Crippen molar-refractivity contribution in [1.29, 1.82) is 0 Å². The fourth-order valence-corrected chi connectivity index (χ4v) is 2.99. The van der Waals surface area contributed by atoms with E-state index in [1.54, 1.807) is 11.1 Å². The van der Waals surface area contributed by atoms with Crippen LogP contribution >= 0.6 is 0 Å². The molecule has 1 aromatic heterocycles. The van der Waals surface area contributed by atoms with E-state index in [0.717, 1.165) is 22.3 Å². The number of rotatable bonds is 2. The maximum absolute atomic E-state index is 12.8. The number of hydrogen-bond donors (Lipinski definition) is 1. The number of hydrogen-bond acceptors (Lipinski definition) is 3. The molecular weight excluding hydrogens is 292 g/mol. The average molecular weight is 310 g/mol. The van der Waals surface area contributed by atoms with Crippen LogP contribution < -0.4 is 0 Å². The number of nitrogens with zero attached hydrogens (tertiary/aromatic N) is 2. The van der Waals surface area contributed by atoms with Gasteiger partial charge in [0.1, 0.15) is 0 Å². The topological polar surface area (TPSA) is 70.5 Å². The van der Waals surface area contributed by atoms with E-state index in [1.165, 1.54) is 6.20 Å². The van der Waals surface area contributed by atoms with Crippen molar-refractivity contribution in [2.45, 2.75) is 26.8 Å². The van der Waals surface area contributed by atoms with Crippen molar-refractivity contribution in [1.82, 2.24) is 9.88 Å². The smallest absolute Gasteiger partial charge is 0.337 e. The summed E-state index contributed by atoms with van der Waals surface area (Å²) < 4.78 is 0. The molecular formula is C18H18N2O3. The third-order valence-corrected chi connectivity index (χ3v) is 4.28. The lowest BCUT2D eigenvalue weighted by Crippen LogP contribution is -2.37. The molecule has 0 atom stereocenters. The summed E-state index contributed by atoms with van der Waals surface area (Å²) in [5.41, 5.74) is 4.54. The minimum atomic E-state index is -0.969. The highest BCUT2D eigenvalue weighted by molar-refractivity contribution is 5.96. The van der Waals surface area contributed by atoms with Gasteiger partial charge in [0, 0.05) is 31.0 Å². The monoisotopic (exact) mass is 310 g/mol. The van der Waals surface area contributed by atoms with Gasteiger partial charge in [0.25, 0.3) is 5.91 Å². The van der Waals surface area contributed by atoms with Crippen molar-refractivity contribution >= 4 is 11.9 Å². The first kappa shape index (κ1) is 15.2. The van der Waals surface area contributed by atoms with Crippen LogP contribution in [0.4, 0.5) is 0 Å². The van der Waals surface area contributed by atoms with E-state index in [4.69, 9.17) is 0 Å². The summed E-state index contributed by atoms with van der Waals surface area (Å²) in [7, 11) is 0. The van der Waals surface area contributed by atoms with Crippen molar-refractivity contribution in [2.75, 3.05) is 6.54 Å². The number of carboxylic acids is 1. The molecule has 1 amide bonds. The van der Waals surface area contributed by atoms with Crippen LogP contribution in [0.2, 0.25) is 0 Å². The summed E-state index contributed by atoms with van der Waals surface area (Å²) in [6.07, 6.45) is 3.57. The molecule has 1 aromatic carbocycles. The standard InChI is InChI=1S/C18H18N2O3/c1-11-3-4-12(2)15(7-11)17(21)20-6-5-14-13(10-20)8-19-9-16(14)18(22)23/h3-4,7-9H,5-6,10H2,1-2H3,(H,22,23). The number of aryl methyl sites for hydroxylation is 2. The van der Waals surface area contributed by atoms with Gasteiger partial charge in [-0.25, -0.2) is 4.79 Å². The lowest BCUT2D eigenvalue weighted by atomic mass is 9.96. The SMILES string of the molecule is Cc1ccc(C)c(C(=O)N2CCc3c(cncc3C(=O)O)C2)c1. The first-order valence-electron chi connectivity index (χ1n) is 7.53. The molecule has 0 fully saturated rings. The molecule has 0 spiro atoms. The average Bonchev–Trinajstić information content (AvgIpc) is 2.55. The van der Waals surface area contributed by atoms with Crippen LogP contribution in [0.3, 0.4) is 0 Å². The van der Waals surface area contributed by atoms with Gasteiger partial charge in [-0.2, -0.15) is 0 Å². The van der Waals surface area contributed by atoms with Gasteiger partial charge in [-0.05, 0) is 43.0 Å². The maximum Gasteiger partial charge on any atom is 0.337 e. The minimum absolute atomic E-state index is 0.0161. The Kier molecular flexibility index (Phi) is 3.86. The quantitative estimate of drug-likeness (QED) is 0.925. The van der Waals surface area contributed by atoms with E-state index < -0.39 is 5.97 Å². The zero-order valence-electron chi connectivity index (χ0n) is 13.2. The fraction of sp³-hybridized carbons (Fsp3) is 0.278. The van der Waals surface area contributed by atoms with Crippen LogP contribution in [0, 0.1) is 13.8 Å². The van der Waals surface area contributed by atoms with Crippen LogP contribution in [0.25, 0.3) is 0 Å². The Morgan fingerprint density at radius 3 is 2.70 bits per heavy atom. The van der Waals surface area contributed by atoms with Gasteiger partial charge in [0.2, 0.25) is 0 Å². The molecule has 0 aliphatic carbocycles.